The van der Waals surface area contributed by atoms with Crippen LogP contribution in [0.3, 0.4) is 0 Å². The third-order valence-electron chi connectivity index (χ3n) is 5.13. The number of aromatic nitrogens is 3. The van der Waals surface area contributed by atoms with Crippen molar-refractivity contribution < 1.29 is 18.0 Å². The molecule has 1 atom stereocenters. The maximum absolute atomic E-state index is 13.3. The molecule has 1 amide bonds. The van der Waals surface area contributed by atoms with Gasteiger partial charge >= 0.3 is 6.18 Å². The molecular formula is C21H20F3N5O. The number of nitrogens with one attached hydrogen (secondary N) is 2. The van der Waals surface area contributed by atoms with Gasteiger partial charge in [-0.05, 0) is 43.2 Å². The number of carbonyl (C=O) groups is 1. The summed E-state index contributed by atoms with van der Waals surface area (Å²) in [5.41, 5.74) is 1.54. The fourth-order valence-electron chi connectivity index (χ4n) is 3.68. The summed E-state index contributed by atoms with van der Waals surface area (Å²) < 4.78 is 40.0. The number of H-pyrrole nitrogens is 1. The number of aromatic amines is 1. The van der Waals surface area contributed by atoms with Crippen LogP contribution in [-0.2, 0) is 11.0 Å². The number of pyridine rings is 1. The van der Waals surface area contributed by atoms with Crippen molar-refractivity contribution >= 4 is 17.4 Å². The molecule has 30 heavy (non-hydrogen) atoms. The Bertz CT molecular complexity index is 1020. The summed E-state index contributed by atoms with van der Waals surface area (Å²) in [5, 5.41) is 9.68. The first kappa shape index (κ1) is 19.9. The lowest BCUT2D eigenvalue weighted by Crippen LogP contribution is -2.42. The number of rotatable bonds is 4. The Morgan fingerprint density at radius 3 is 2.80 bits per heavy atom. The van der Waals surface area contributed by atoms with Crippen molar-refractivity contribution in [3.63, 3.8) is 0 Å². The third-order valence-corrected chi connectivity index (χ3v) is 5.13. The lowest BCUT2D eigenvalue weighted by molar-refractivity contribution is -0.137. The van der Waals surface area contributed by atoms with Gasteiger partial charge in [0.1, 0.15) is 5.82 Å². The summed E-state index contributed by atoms with van der Waals surface area (Å²) >= 11 is 0. The molecule has 0 spiro atoms. The molecule has 6 nitrogen and oxygen atoms in total. The molecule has 4 rings (SSSR count). The lowest BCUT2D eigenvalue weighted by Gasteiger charge is -2.34. The number of carbonyl (C=O) groups excluding carboxylic acids is 1. The van der Waals surface area contributed by atoms with Crippen LogP contribution < -0.4 is 10.2 Å². The molecule has 1 aromatic carbocycles. The van der Waals surface area contributed by atoms with E-state index in [4.69, 9.17) is 0 Å². The Kier molecular flexibility index (Phi) is 5.43. The first-order valence-corrected chi connectivity index (χ1v) is 9.59. The molecule has 1 fully saturated rings. The van der Waals surface area contributed by atoms with E-state index in [9.17, 15) is 18.0 Å². The van der Waals surface area contributed by atoms with Gasteiger partial charge in [0.2, 0.25) is 5.91 Å². The van der Waals surface area contributed by atoms with Gasteiger partial charge in [-0.25, -0.2) is 4.98 Å². The summed E-state index contributed by atoms with van der Waals surface area (Å²) in [5.74, 6) is -0.771. The average Bonchev–Trinajstić information content (AvgIpc) is 3.28. The third kappa shape index (κ3) is 4.29. The number of nitrogens with zero attached hydrogens (tertiary/aromatic N) is 3. The minimum absolute atomic E-state index is 0.122. The van der Waals surface area contributed by atoms with Crippen molar-refractivity contribution in [2.24, 2.45) is 5.92 Å². The number of piperidine rings is 1. The largest absolute Gasteiger partial charge is 0.419 e. The number of halogens is 3. The van der Waals surface area contributed by atoms with E-state index in [-0.39, 0.29) is 18.3 Å². The molecule has 156 valence electrons. The average molecular weight is 415 g/mol. The number of benzene rings is 1. The van der Waals surface area contributed by atoms with E-state index in [2.05, 4.69) is 20.5 Å². The van der Waals surface area contributed by atoms with Crippen molar-refractivity contribution in [1.29, 1.82) is 0 Å². The minimum atomic E-state index is -4.49. The van der Waals surface area contributed by atoms with Gasteiger partial charge < -0.3 is 10.2 Å². The standard InChI is InChI=1S/C21H20F3N5O/c22-21(23,24)17-7-2-9-25-19(17)29-11-3-5-15(13-29)20(30)27-16-6-1-4-14(12-16)18-8-10-26-28-18/h1-2,4,6-10,12,15H,3,5,11,13H2,(H,26,28)(H,27,30)/t15-/m1/s1. The van der Waals surface area contributed by atoms with E-state index in [1.165, 1.54) is 12.3 Å². The topological polar surface area (TPSA) is 73.9 Å². The van der Waals surface area contributed by atoms with Crippen LogP contribution >= 0.6 is 0 Å². The van der Waals surface area contributed by atoms with E-state index < -0.39 is 17.7 Å². The molecule has 2 aromatic heterocycles. The molecule has 0 unspecified atom stereocenters. The molecule has 0 radical (unpaired) electrons. The van der Waals surface area contributed by atoms with E-state index in [1.54, 1.807) is 17.2 Å². The predicted octanol–water partition coefficient (Wildman–Crippen LogP) is 4.35. The molecule has 0 saturated carbocycles. The molecule has 3 heterocycles. The first-order valence-electron chi connectivity index (χ1n) is 9.59. The SMILES string of the molecule is O=C(Nc1cccc(-c2ccn[nH]2)c1)[C@@H]1CCCN(c2ncccc2C(F)(F)F)C1. The minimum Gasteiger partial charge on any atom is -0.355 e. The zero-order valence-electron chi connectivity index (χ0n) is 16.0. The Labute approximate surface area is 171 Å². The Hall–Kier alpha value is -3.36. The number of hydrogen-bond acceptors (Lipinski definition) is 4. The summed E-state index contributed by atoms with van der Waals surface area (Å²) in [6.45, 7) is 0.616. The fraction of sp³-hybridized carbons (Fsp3) is 0.286. The molecule has 1 aliphatic heterocycles. The molecule has 2 N–H and O–H groups in total. The quantitative estimate of drug-likeness (QED) is 0.665. The summed E-state index contributed by atoms with van der Waals surface area (Å²) in [6.07, 6.45) is -0.290. The van der Waals surface area contributed by atoms with E-state index in [0.717, 1.165) is 17.3 Å². The molecule has 1 aliphatic rings. The Morgan fingerprint density at radius 1 is 1.17 bits per heavy atom. The van der Waals surface area contributed by atoms with E-state index in [0.29, 0.717) is 25.1 Å². The second-order valence-electron chi connectivity index (χ2n) is 7.20. The first-order chi connectivity index (χ1) is 14.4. The second-order valence-corrected chi connectivity index (χ2v) is 7.20. The van der Waals surface area contributed by atoms with E-state index >= 15 is 0 Å². The Morgan fingerprint density at radius 2 is 2.03 bits per heavy atom. The van der Waals surface area contributed by atoms with E-state index in [1.807, 2.05) is 24.3 Å². The van der Waals surface area contributed by atoms with Crippen LogP contribution in [0.1, 0.15) is 18.4 Å². The van der Waals surface area contributed by atoms with Gasteiger partial charge in [-0.2, -0.15) is 18.3 Å². The maximum atomic E-state index is 13.3. The van der Waals surface area contributed by atoms with Gasteiger partial charge in [0.05, 0.1) is 17.2 Å². The molecular weight excluding hydrogens is 395 g/mol. The number of amides is 1. The van der Waals surface area contributed by atoms with Crippen LogP contribution in [0.2, 0.25) is 0 Å². The second kappa shape index (κ2) is 8.17. The fourth-order valence-corrected chi connectivity index (χ4v) is 3.68. The van der Waals surface area contributed by atoms with Gasteiger partial charge in [-0.1, -0.05) is 12.1 Å². The van der Waals surface area contributed by atoms with Crippen molar-refractivity contribution in [3.05, 3.63) is 60.4 Å². The highest BCUT2D eigenvalue weighted by molar-refractivity contribution is 5.93. The van der Waals surface area contributed by atoms with Crippen LogP contribution in [0.15, 0.2) is 54.9 Å². The lowest BCUT2D eigenvalue weighted by atomic mass is 9.96. The Balaban J connectivity index is 1.48. The predicted molar refractivity (Wildman–Crippen MR) is 107 cm³/mol. The van der Waals surface area contributed by atoms with Crippen molar-refractivity contribution in [3.8, 4) is 11.3 Å². The van der Waals surface area contributed by atoms with Gasteiger partial charge in [0.25, 0.3) is 0 Å². The zero-order valence-corrected chi connectivity index (χ0v) is 16.0. The smallest absolute Gasteiger partial charge is 0.355 e. The molecule has 0 aliphatic carbocycles. The zero-order chi connectivity index (χ0) is 21.1. The van der Waals surface area contributed by atoms with Crippen LogP contribution in [0, 0.1) is 5.92 Å². The normalized spacial score (nSPS) is 17.0. The van der Waals surface area contributed by atoms with Crippen molar-refractivity contribution in [2.75, 3.05) is 23.3 Å². The molecule has 3 aromatic rings. The van der Waals surface area contributed by atoms with Crippen LogP contribution in [0.5, 0.6) is 0 Å². The number of anilines is 2. The maximum Gasteiger partial charge on any atom is 0.419 e. The molecule has 0 bridgehead atoms. The van der Waals surface area contributed by atoms with Crippen molar-refractivity contribution in [2.45, 2.75) is 19.0 Å². The van der Waals surface area contributed by atoms with Gasteiger partial charge in [-0.15, -0.1) is 0 Å². The highest BCUT2D eigenvalue weighted by Gasteiger charge is 2.37. The molecule has 1 saturated heterocycles. The number of hydrogen-bond donors (Lipinski definition) is 2. The van der Waals surface area contributed by atoms with Gasteiger partial charge in [-0.3, -0.25) is 9.89 Å². The molecule has 9 heteroatoms. The van der Waals surface area contributed by atoms with Crippen LogP contribution in [0.4, 0.5) is 24.7 Å². The van der Waals surface area contributed by atoms with Gasteiger partial charge in [0.15, 0.2) is 0 Å². The highest BCUT2D eigenvalue weighted by Crippen LogP contribution is 2.36. The van der Waals surface area contributed by atoms with Crippen molar-refractivity contribution in [1.82, 2.24) is 15.2 Å². The summed E-state index contributed by atoms with van der Waals surface area (Å²) in [6, 6.07) is 11.4. The monoisotopic (exact) mass is 415 g/mol. The van der Waals surface area contributed by atoms with Crippen LogP contribution in [0.25, 0.3) is 11.3 Å². The van der Waals surface area contributed by atoms with Gasteiger partial charge in [0, 0.05) is 36.7 Å². The highest BCUT2D eigenvalue weighted by atomic mass is 19.4. The summed E-state index contributed by atoms with van der Waals surface area (Å²) in [4.78, 5) is 18.3. The van der Waals surface area contributed by atoms with Crippen LogP contribution in [-0.4, -0.2) is 34.2 Å². The summed E-state index contributed by atoms with van der Waals surface area (Å²) in [7, 11) is 0. The number of alkyl halides is 3.